The van der Waals surface area contributed by atoms with Gasteiger partial charge in [0, 0.05) is 13.2 Å². The molecule has 2 nitrogen and oxygen atoms in total. The van der Waals surface area contributed by atoms with Crippen LogP contribution in [0.25, 0.3) is 0 Å². The van der Waals surface area contributed by atoms with Crippen LogP contribution in [0.3, 0.4) is 0 Å². The van der Waals surface area contributed by atoms with E-state index >= 15 is 0 Å². The zero-order chi connectivity index (χ0) is 9.23. The predicted octanol–water partition coefficient (Wildman–Crippen LogP) is 2.05. The number of hydrogen-bond donors (Lipinski definition) is 1. The normalized spacial score (nSPS) is 11.0. The zero-order valence-corrected chi connectivity index (χ0v) is 8.73. The first-order chi connectivity index (χ1) is 5.77. The molecule has 1 N–H and O–H groups in total. The minimum atomic E-state index is 0.811. The Hall–Kier alpha value is -0.0800. The summed E-state index contributed by atoms with van der Waals surface area (Å²) in [6.45, 7) is 7.40. The van der Waals surface area contributed by atoms with Gasteiger partial charge in [-0.1, -0.05) is 13.8 Å². The van der Waals surface area contributed by atoms with Crippen LogP contribution in [0.2, 0.25) is 0 Å². The van der Waals surface area contributed by atoms with Crippen LogP contribution in [-0.2, 0) is 4.74 Å². The Morgan fingerprint density at radius 3 is 2.42 bits per heavy atom. The van der Waals surface area contributed by atoms with Crippen molar-refractivity contribution in [2.45, 2.75) is 33.1 Å². The maximum Gasteiger partial charge on any atom is 0.0478 e. The molecule has 0 saturated heterocycles. The predicted molar refractivity (Wildman–Crippen MR) is 53.4 cm³/mol. The third-order valence-electron chi connectivity index (χ3n) is 1.79. The van der Waals surface area contributed by atoms with E-state index in [4.69, 9.17) is 4.74 Å². The van der Waals surface area contributed by atoms with Crippen LogP contribution < -0.4 is 5.32 Å². The molecule has 12 heavy (non-hydrogen) atoms. The number of rotatable bonds is 8. The molecule has 0 unspecified atom stereocenters. The molecule has 0 aromatic carbocycles. The van der Waals surface area contributed by atoms with Crippen molar-refractivity contribution in [3.8, 4) is 0 Å². The van der Waals surface area contributed by atoms with Crippen LogP contribution >= 0.6 is 0 Å². The van der Waals surface area contributed by atoms with E-state index in [1.165, 1.54) is 12.8 Å². The summed E-state index contributed by atoms with van der Waals surface area (Å²) in [7, 11) is 1.97. The second-order valence-corrected chi connectivity index (χ2v) is 3.61. The van der Waals surface area contributed by atoms with Crippen molar-refractivity contribution in [1.82, 2.24) is 5.32 Å². The lowest BCUT2D eigenvalue weighted by molar-refractivity contribution is 0.126. The van der Waals surface area contributed by atoms with Crippen molar-refractivity contribution >= 4 is 0 Å². The van der Waals surface area contributed by atoms with Crippen LogP contribution in [0, 0.1) is 5.92 Å². The third kappa shape index (κ3) is 9.92. The van der Waals surface area contributed by atoms with E-state index in [-0.39, 0.29) is 0 Å². The number of ether oxygens (including phenoxy) is 1. The van der Waals surface area contributed by atoms with Gasteiger partial charge in [0.05, 0.1) is 0 Å². The lowest BCUT2D eigenvalue weighted by atomic mass is 10.1. The van der Waals surface area contributed by atoms with Crippen molar-refractivity contribution in [3.05, 3.63) is 0 Å². The monoisotopic (exact) mass is 173 g/mol. The van der Waals surface area contributed by atoms with Gasteiger partial charge in [0.2, 0.25) is 0 Å². The van der Waals surface area contributed by atoms with E-state index in [0.717, 1.165) is 32.1 Å². The molecule has 2 heteroatoms. The van der Waals surface area contributed by atoms with E-state index in [2.05, 4.69) is 19.2 Å². The summed E-state index contributed by atoms with van der Waals surface area (Å²) in [5.74, 6) is 0.811. The minimum absolute atomic E-state index is 0.811. The standard InChI is InChI=1S/C10H23NO/c1-10(2)6-4-8-12-9-5-7-11-3/h10-11H,4-9H2,1-3H3. The highest BCUT2D eigenvalue weighted by Crippen LogP contribution is 2.02. The van der Waals surface area contributed by atoms with E-state index in [9.17, 15) is 0 Å². The molecule has 0 aliphatic heterocycles. The van der Waals surface area contributed by atoms with Gasteiger partial charge < -0.3 is 10.1 Å². The van der Waals surface area contributed by atoms with Crippen molar-refractivity contribution in [3.63, 3.8) is 0 Å². The highest BCUT2D eigenvalue weighted by atomic mass is 16.5. The summed E-state index contributed by atoms with van der Waals surface area (Å²) < 4.78 is 5.45. The largest absolute Gasteiger partial charge is 0.381 e. The van der Waals surface area contributed by atoms with Crippen LogP contribution in [0.5, 0.6) is 0 Å². The molecule has 0 aliphatic carbocycles. The van der Waals surface area contributed by atoms with Gasteiger partial charge in [-0.15, -0.1) is 0 Å². The molecule has 0 heterocycles. The molecule has 0 radical (unpaired) electrons. The average Bonchev–Trinajstić information content (AvgIpc) is 2.02. The van der Waals surface area contributed by atoms with Gasteiger partial charge in [0.25, 0.3) is 0 Å². The summed E-state index contributed by atoms with van der Waals surface area (Å²) in [4.78, 5) is 0. The number of nitrogens with one attached hydrogen (secondary N) is 1. The Balaban J connectivity index is 2.82. The molecule has 74 valence electrons. The fourth-order valence-corrected chi connectivity index (χ4v) is 1.05. The Bertz CT molecular complexity index is 83.9. The lowest BCUT2D eigenvalue weighted by Gasteiger charge is -2.05. The van der Waals surface area contributed by atoms with Crippen molar-refractivity contribution in [2.24, 2.45) is 5.92 Å². The molecule has 0 aromatic heterocycles. The van der Waals surface area contributed by atoms with Crippen LogP contribution in [-0.4, -0.2) is 26.8 Å². The summed E-state index contributed by atoms with van der Waals surface area (Å²) in [6, 6.07) is 0. The van der Waals surface area contributed by atoms with E-state index < -0.39 is 0 Å². The first kappa shape index (κ1) is 11.9. The molecule has 0 fully saturated rings. The van der Waals surface area contributed by atoms with E-state index in [1.54, 1.807) is 0 Å². The van der Waals surface area contributed by atoms with Gasteiger partial charge in [-0.3, -0.25) is 0 Å². The SMILES string of the molecule is CNCCCOCCCC(C)C. The molecular weight excluding hydrogens is 150 g/mol. The Morgan fingerprint density at radius 2 is 1.83 bits per heavy atom. The van der Waals surface area contributed by atoms with Crippen LogP contribution in [0.1, 0.15) is 33.1 Å². The highest BCUT2D eigenvalue weighted by molar-refractivity contribution is 4.45. The summed E-state index contributed by atoms with van der Waals surface area (Å²) in [5.41, 5.74) is 0. The van der Waals surface area contributed by atoms with Gasteiger partial charge in [-0.05, 0) is 38.8 Å². The second-order valence-electron chi connectivity index (χ2n) is 3.61. The molecule has 0 aliphatic rings. The molecular formula is C10H23NO. The fraction of sp³-hybridized carbons (Fsp3) is 1.00. The Labute approximate surface area is 76.7 Å². The molecule has 0 spiro atoms. The minimum Gasteiger partial charge on any atom is -0.381 e. The maximum atomic E-state index is 5.45. The summed E-state index contributed by atoms with van der Waals surface area (Å²) >= 11 is 0. The number of hydrogen-bond acceptors (Lipinski definition) is 2. The van der Waals surface area contributed by atoms with Crippen LogP contribution in [0.4, 0.5) is 0 Å². The Morgan fingerprint density at radius 1 is 1.17 bits per heavy atom. The second kappa shape index (κ2) is 9.01. The van der Waals surface area contributed by atoms with E-state index in [1.807, 2.05) is 7.05 Å². The Kier molecular flexibility index (Phi) is 8.95. The molecule has 0 bridgehead atoms. The summed E-state index contributed by atoms with van der Waals surface area (Å²) in [6.07, 6.45) is 3.61. The average molecular weight is 173 g/mol. The topological polar surface area (TPSA) is 21.3 Å². The zero-order valence-electron chi connectivity index (χ0n) is 8.73. The van der Waals surface area contributed by atoms with Crippen LogP contribution in [0.15, 0.2) is 0 Å². The van der Waals surface area contributed by atoms with Gasteiger partial charge in [-0.25, -0.2) is 0 Å². The molecule has 0 aromatic rings. The van der Waals surface area contributed by atoms with Crippen molar-refractivity contribution in [2.75, 3.05) is 26.8 Å². The van der Waals surface area contributed by atoms with E-state index in [0.29, 0.717) is 0 Å². The van der Waals surface area contributed by atoms with Crippen molar-refractivity contribution < 1.29 is 4.74 Å². The smallest absolute Gasteiger partial charge is 0.0478 e. The van der Waals surface area contributed by atoms with Gasteiger partial charge in [0.1, 0.15) is 0 Å². The third-order valence-corrected chi connectivity index (χ3v) is 1.79. The lowest BCUT2D eigenvalue weighted by Crippen LogP contribution is -2.10. The van der Waals surface area contributed by atoms with Gasteiger partial charge >= 0.3 is 0 Å². The van der Waals surface area contributed by atoms with Gasteiger partial charge in [-0.2, -0.15) is 0 Å². The summed E-state index contributed by atoms with van der Waals surface area (Å²) in [5, 5.41) is 3.10. The fourth-order valence-electron chi connectivity index (χ4n) is 1.05. The highest BCUT2D eigenvalue weighted by Gasteiger charge is 1.93. The molecule has 0 atom stereocenters. The quantitative estimate of drug-likeness (QED) is 0.567. The van der Waals surface area contributed by atoms with Crippen molar-refractivity contribution in [1.29, 1.82) is 0 Å². The molecule has 0 saturated carbocycles. The molecule has 0 rings (SSSR count). The molecule has 0 amide bonds. The first-order valence-corrected chi connectivity index (χ1v) is 4.99. The maximum absolute atomic E-state index is 5.45. The first-order valence-electron chi connectivity index (χ1n) is 4.99. The van der Waals surface area contributed by atoms with Gasteiger partial charge in [0.15, 0.2) is 0 Å².